The Labute approximate surface area is 82.1 Å². The van der Waals surface area contributed by atoms with Crippen molar-refractivity contribution in [2.45, 2.75) is 6.92 Å². The lowest BCUT2D eigenvalue weighted by atomic mass is 10.2. The maximum absolute atomic E-state index is 11.3. The van der Waals surface area contributed by atoms with Gasteiger partial charge in [0.2, 0.25) is 5.90 Å². The molecule has 0 fully saturated rings. The van der Waals surface area contributed by atoms with E-state index in [2.05, 4.69) is 9.99 Å². The lowest BCUT2D eigenvalue weighted by molar-refractivity contribution is 0.0504. The van der Waals surface area contributed by atoms with Crippen LogP contribution >= 0.6 is 0 Å². The first-order valence-corrected chi connectivity index (χ1v) is 4.09. The maximum Gasteiger partial charge on any atom is 0.365 e. The second-order valence-electron chi connectivity index (χ2n) is 2.56. The highest BCUT2D eigenvalue weighted by molar-refractivity contribution is 5.89. The molecule has 74 valence electrons. The Kier molecular flexibility index (Phi) is 3.67. The van der Waals surface area contributed by atoms with E-state index in [1.807, 2.05) is 6.07 Å². The van der Waals surface area contributed by atoms with Crippen molar-refractivity contribution in [1.29, 1.82) is 0 Å². The first kappa shape index (κ1) is 10.2. The van der Waals surface area contributed by atoms with Crippen molar-refractivity contribution in [3.8, 4) is 0 Å². The summed E-state index contributed by atoms with van der Waals surface area (Å²) in [6.45, 7) is 1.60. The van der Waals surface area contributed by atoms with Crippen molar-refractivity contribution < 1.29 is 14.4 Å². The number of rotatable bonds is 2. The molecular weight excluding hydrogens is 182 g/mol. The van der Waals surface area contributed by atoms with Gasteiger partial charge in [0.05, 0.1) is 12.7 Å². The summed E-state index contributed by atoms with van der Waals surface area (Å²) in [7, 11) is 1.45. The minimum atomic E-state index is -0.498. The van der Waals surface area contributed by atoms with Crippen LogP contribution in [0.25, 0.3) is 0 Å². The summed E-state index contributed by atoms with van der Waals surface area (Å²) in [4.78, 5) is 15.9. The molecule has 0 unspecified atom stereocenters. The second-order valence-corrected chi connectivity index (χ2v) is 2.56. The molecule has 0 aliphatic rings. The second kappa shape index (κ2) is 5.01. The molecule has 4 nitrogen and oxygen atoms in total. The molecule has 0 amide bonds. The number of nitrogens with zero attached hydrogens (tertiary/aromatic N) is 1. The molecule has 1 aromatic carbocycles. The van der Waals surface area contributed by atoms with Gasteiger partial charge in [0.1, 0.15) is 0 Å². The van der Waals surface area contributed by atoms with E-state index >= 15 is 0 Å². The third-order valence-corrected chi connectivity index (χ3v) is 1.56. The van der Waals surface area contributed by atoms with Gasteiger partial charge in [0, 0.05) is 6.92 Å². The first-order chi connectivity index (χ1) is 6.74. The molecule has 0 spiro atoms. The van der Waals surface area contributed by atoms with Crippen LogP contribution in [-0.4, -0.2) is 19.0 Å². The summed E-state index contributed by atoms with van der Waals surface area (Å²) < 4.78 is 4.71. The molecule has 0 bridgehead atoms. The average molecular weight is 193 g/mol. The topological polar surface area (TPSA) is 47.9 Å². The average Bonchev–Trinajstić information content (AvgIpc) is 2.26. The molecule has 4 heteroatoms. The lowest BCUT2D eigenvalue weighted by Crippen LogP contribution is -2.03. The van der Waals surface area contributed by atoms with E-state index < -0.39 is 5.97 Å². The fourth-order valence-electron chi connectivity index (χ4n) is 0.770. The van der Waals surface area contributed by atoms with Gasteiger partial charge >= 0.3 is 5.97 Å². The summed E-state index contributed by atoms with van der Waals surface area (Å²) in [5, 5.41) is 3.46. The van der Waals surface area contributed by atoms with Crippen LogP contribution in [0.3, 0.4) is 0 Å². The minimum Gasteiger partial charge on any atom is -0.482 e. The molecule has 0 saturated carbocycles. The molecule has 0 radical (unpaired) electrons. The van der Waals surface area contributed by atoms with Gasteiger partial charge in [0.15, 0.2) is 0 Å². The van der Waals surface area contributed by atoms with Gasteiger partial charge in [0.25, 0.3) is 0 Å². The Morgan fingerprint density at radius 3 is 2.50 bits per heavy atom. The highest BCUT2D eigenvalue weighted by atomic mass is 16.7. The van der Waals surface area contributed by atoms with Gasteiger partial charge in [-0.1, -0.05) is 18.2 Å². The van der Waals surface area contributed by atoms with Crippen LogP contribution in [0.15, 0.2) is 35.5 Å². The SMILES string of the molecule is CO/C(C)=N/OC(=O)c1ccccc1. The standard InChI is InChI=1S/C10H11NO3/c1-8(13-2)11-14-10(12)9-6-4-3-5-7-9/h3-7H,1-2H3/b11-8+. The fraction of sp³-hybridized carbons (Fsp3) is 0.200. The molecule has 1 rings (SSSR count). The predicted molar refractivity (Wildman–Crippen MR) is 52.0 cm³/mol. The normalized spacial score (nSPS) is 10.9. The van der Waals surface area contributed by atoms with Crippen molar-refractivity contribution >= 4 is 11.9 Å². The van der Waals surface area contributed by atoms with E-state index in [0.717, 1.165) is 0 Å². The Bertz CT molecular complexity index is 332. The van der Waals surface area contributed by atoms with Crippen molar-refractivity contribution in [1.82, 2.24) is 0 Å². The Hall–Kier alpha value is -1.84. The molecule has 0 atom stereocenters. The van der Waals surface area contributed by atoms with E-state index in [0.29, 0.717) is 11.5 Å². The largest absolute Gasteiger partial charge is 0.482 e. The highest BCUT2D eigenvalue weighted by Crippen LogP contribution is 2.01. The van der Waals surface area contributed by atoms with E-state index in [-0.39, 0.29) is 0 Å². The van der Waals surface area contributed by atoms with Crippen LogP contribution in [0, 0.1) is 0 Å². The quantitative estimate of drug-likeness (QED) is 0.311. The maximum atomic E-state index is 11.3. The number of methoxy groups -OCH3 is 1. The zero-order valence-corrected chi connectivity index (χ0v) is 8.06. The molecule has 0 N–H and O–H groups in total. The van der Waals surface area contributed by atoms with Gasteiger partial charge in [-0.2, -0.15) is 0 Å². The molecular formula is C10H11NO3. The Morgan fingerprint density at radius 1 is 1.29 bits per heavy atom. The minimum absolute atomic E-state index is 0.300. The van der Waals surface area contributed by atoms with Crippen molar-refractivity contribution in [2.75, 3.05) is 7.11 Å². The molecule has 0 aliphatic carbocycles. The van der Waals surface area contributed by atoms with Crippen LogP contribution in [0.5, 0.6) is 0 Å². The van der Waals surface area contributed by atoms with Crippen LogP contribution < -0.4 is 0 Å². The van der Waals surface area contributed by atoms with Crippen molar-refractivity contribution in [3.63, 3.8) is 0 Å². The number of carbonyl (C=O) groups excluding carboxylic acids is 1. The predicted octanol–water partition coefficient (Wildman–Crippen LogP) is 1.82. The highest BCUT2D eigenvalue weighted by Gasteiger charge is 2.05. The smallest absolute Gasteiger partial charge is 0.365 e. The van der Waals surface area contributed by atoms with Gasteiger partial charge < -0.3 is 9.57 Å². The van der Waals surface area contributed by atoms with E-state index in [1.54, 1.807) is 31.2 Å². The Morgan fingerprint density at radius 2 is 1.93 bits per heavy atom. The summed E-state index contributed by atoms with van der Waals surface area (Å²) in [5.41, 5.74) is 0.458. The first-order valence-electron chi connectivity index (χ1n) is 4.09. The third kappa shape index (κ3) is 2.90. The zero-order chi connectivity index (χ0) is 10.4. The van der Waals surface area contributed by atoms with Gasteiger partial charge in [-0.25, -0.2) is 4.79 Å². The summed E-state index contributed by atoms with van der Waals surface area (Å²) >= 11 is 0. The molecule has 0 heterocycles. The third-order valence-electron chi connectivity index (χ3n) is 1.56. The molecule has 14 heavy (non-hydrogen) atoms. The van der Waals surface area contributed by atoms with Crippen LogP contribution in [0.1, 0.15) is 17.3 Å². The lowest BCUT2D eigenvalue weighted by Gasteiger charge is -1.98. The van der Waals surface area contributed by atoms with Gasteiger partial charge in [-0.05, 0) is 17.3 Å². The van der Waals surface area contributed by atoms with Crippen LogP contribution in [0.2, 0.25) is 0 Å². The van der Waals surface area contributed by atoms with Gasteiger partial charge in [-0.3, -0.25) is 0 Å². The van der Waals surface area contributed by atoms with Crippen molar-refractivity contribution in [2.24, 2.45) is 5.16 Å². The monoisotopic (exact) mass is 193 g/mol. The molecule has 0 saturated heterocycles. The van der Waals surface area contributed by atoms with Gasteiger partial charge in [-0.15, -0.1) is 0 Å². The fourth-order valence-corrected chi connectivity index (χ4v) is 0.770. The number of hydrogen-bond donors (Lipinski definition) is 0. The van der Waals surface area contributed by atoms with Crippen molar-refractivity contribution in [3.05, 3.63) is 35.9 Å². The molecule has 0 aliphatic heterocycles. The van der Waals surface area contributed by atoms with Crippen LogP contribution in [0.4, 0.5) is 0 Å². The summed E-state index contributed by atoms with van der Waals surface area (Å²) in [6.07, 6.45) is 0. The number of hydrogen-bond acceptors (Lipinski definition) is 4. The van der Waals surface area contributed by atoms with E-state index in [1.165, 1.54) is 7.11 Å². The number of ether oxygens (including phenoxy) is 1. The molecule has 0 aromatic heterocycles. The zero-order valence-electron chi connectivity index (χ0n) is 8.06. The van der Waals surface area contributed by atoms with Crippen LogP contribution in [-0.2, 0) is 9.57 Å². The molecule has 1 aromatic rings. The number of carbonyl (C=O) groups is 1. The number of oxime groups is 1. The summed E-state index contributed by atoms with van der Waals surface area (Å²) in [6, 6.07) is 8.63. The number of benzene rings is 1. The van der Waals surface area contributed by atoms with E-state index in [9.17, 15) is 4.79 Å². The Balaban J connectivity index is 2.60. The summed E-state index contributed by atoms with van der Waals surface area (Å²) in [5.74, 6) is -0.198. The van der Waals surface area contributed by atoms with E-state index in [4.69, 9.17) is 4.74 Å².